The third-order valence-corrected chi connectivity index (χ3v) is 11.5. The standard InChI is InChI=1S/C48H29N3S/c1-49-36-25-27-46-42(29-36)48(40-18-10-11-19-45(40)52-46)39-17-9-8-16-37(39)38-26-24-35(28-41(38)48)31-20-22-33(23-21-31)44-30-43(32-12-4-2-5-13-32)50-47(51-44)34-14-6-3-7-15-34/h2-30H. The summed E-state index contributed by atoms with van der Waals surface area (Å²) in [4.78, 5) is 16.3. The van der Waals surface area contributed by atoms with Gasteiger partial charge in [0.25, 0.3) is 0 Å². The fourth-order valence-corrected chi connectivity index (χ4v) is 9.21. The predicted molar refractivity (Wildman–Crippen MR) is 211 cm³/mol. The number of nitrogens with zero attached hydrogens (tertiary/aromatic N) is 3. The van der Waals surface area contributed by atoms with E-state index in [0.717, 1.165) is 39.2 Å². The number of benzene rings is 7. The lowest BCUT2D eigenvalue weighted by Crippen LogP contribution is -2.32. The average molecular weight is 680 g/mol. The molecule has 1 spiro atoms. The lowest BCUT2D eigenvalue weighted by molar-refractivity contribution is 0.723. The Morgan fingerprint density at radius 1 is 0.423 bits per heavy atom. The molecule has 242 valence electrons. The zero-order valence-corrected chi connectivity index (χ0v) is 28.8. The van der Waals surface area contributed by atoms with Gasteiger partial charge >= 0.3 is 0 Å². The molecule has 0 bridgehead atoms. The van der Waals surface area contributed by atoms with Gasteiger partial charge in [-0.1, -0.05) is 169 Å². The Kier molecular flexibility index (Phi) is 7.02. The summed E-state index contributed by atoms with van der Waals surface area (Å²) < 4.78 is 0. The maximum atomic E-state index is 7.90. The predicted octanol–water partition coefficient (Wildman–Crippen LogP) is 12.5. The SMILES string of the molecule is [C-]#[N+]c1ccc2c(c1)C1(c3ccccc3S2)c2ccccc2-c2ccc(-c3ccc(-c4cc(-c5ccccc5)nc(-c5ccccc5)n4)cc3)cc21. The van der Waals surface area contributed by atoms with Crippen LogP contribution in [0.2, 0.25) is 0 Å². The fourth-order valence-electron chi connectivity index (χ4n) is 8.04. The summed E-state index contributed by atoms with van der Waals surface area (Å²) in [6, 6.07) is 62.0. The van der Waals surface area contributed by atoms with Crippen molar-refractivity contribution in [2.24, 2.45) is 0 Å². The molecule has 1 aliphatic carbocycles. The van der Waals surface area contributed by atoms with E-state index < -0.39 is 5.41 Å². The molecule has 4 heteroatoms. The monoisotopic (exact) mass is 679 g/mol. The van der Waals surface area contributed by atoms with Crippen LogP contribution in [-0.2, 0) is 5.41 Å². The van der Waals surface area contributed by atoms with E-state index in [2.05, 4.69) is 138 Å². The Balaban J connectivity index is 1.12. The van der Waals surface area contributed by atoms with Crippen LogP contribution in [0.25, 0.3) is 61.0 Å². The molecular formula is C48H29N3S. The lowest BCUT2D eigenvalue weighted by Gasteiger charge is -2.40. The van der Waals surface area contributed by atoms with Crippen molar-refractivity contribution >= 4 is 17.4 Å². The molecule has 0 fully saturated rings. The summed E-state index contributed by atoms with van der Waals surface area (Å²) in [6.45, 7) is 7.90. The molecule has 3 nitrogen and oxygen atoms in total. The van der Waals surface area contributed by atoms with Gasteiger partial charge in [-0.15, -0.1) is 0 Å². The molecule has 2 heterocycles. The molecule has 1 atom stereocenters. The second-order valence-corrected chi connectivity index (χ2v) is 14.3. The highest BCUT2D eigenvalue weighted by Gasteiger charge is 2.50. The zero-order chi connectivity index (χ0) is 34.6. The summed E-state index contributed by atoms with van der Waals surface area (Å²) >= 11 is 1.80. The highest BCUT2D eigenvalue weighted by Crippen LogP contribution is 2.62. The van der Waals surface area contributed by atoms with Gasteiger partial charge in [0.05, 0.1) is 23.4 Å². The van der Waals surface area contributed by atoms with Crippen molar-refractivity contribution in [3.63, 3.8) is 0 Å². The van der Waals surface area contributed by atoms with Crippen LogP contribution in [0.15, 0.2) is 186 Å². The summed E-state index contributed by atoms with van der Waals surface area (Å²) in [7, 11) is 0. The Labute approximate surface area is 307 Å². The van der Waals surface area contributed by atoms with Gasteiger partial charge in [-0.05, 0) is 62.7 Å². The number of fused-ring (bicyclic) bond motifs is 9. The Bertz CT molecular complexity index is 2660. The van der Waals surface area contributed by atoms with Crippen LogP contribution in [0, 0.1) is 6.57 Å². The molecule has 0 radical (unpaired) electrons. The molecule has 0 amide bonds. The van der Waals surface area contributed by atoms with Gasteiger partial charge in [0, 0.05) is 26.5 Å². The molecule has 8 aromatic rings. The molecule has 0 N–H and O–H groups in total. The van der Waals surface area contributed by atoms with Crippen molar-refractivity contribution in [1.29, 1.82) is 0 Å². The number of hydrogen-bond donors (Lipinski definition) is 0. The van der Waals surface area contributed by atoms with Crippen LogP contribution in [0.3, 0.4) is 0 Å². The van der Waals surface area contributed by atoms with Crippen molar-refractivity contribution in [2.75, 3.05) is 0 Å². The van der Waals surface area contributed by atoms with Crippen LogP contribution in [0.1, 0.15) is 22.3 Å². The van der Waals surface area contributed by atoms with E-state index in [1.54, 1.807) is 11.8 Å². The third kappa shape index (κ3) is 4.67. The van der Waals surface area contributed by atoms with Gasteiger partial charge in [-0.25, -0.2) is 14.8 Å². The molecule has 1 aliphatic heterocycles. The average Bonchev–Trinajstić information content (AvgIpc) is 3.51. The largest absolute Gasteiger partial charge is 0.238 e. The van der Waals surface area contributed by atoms with Crippen molar-refractivity contribution in [2.45, 2.75) is 15.2 Å². The van der Waals surface area contributed by atoms with Crippen LogP contribution < -0.4 is 0 Å². The van der Waals surface area contributed by atoms with Crippen molar-refractivity contribution in [3.05, 3.63) is 210 Å². The van der Waals surface area contributed by atoms with Gasteiger partial charge in [0.2, 0.25) is 0 Å². The molecule has 52 heavy (non-hydrogen) atoms. The van der Waals surface area contributed by atoms with E-state index in [4.69, 9.17) is 16.5 Å². The highest BCUT2D eigenvalue weighted by atomic mass is 32.2. The second-order valence-electron chi connectivity index (χ2n) is 13.2. The first-order chi connectivity index (χ1) is 25.7. The molecule has 1 aromatic heterocycles. The smallest absolute Gasteiger partial charge is 0.187 e. The molecule has 2 aliphatic rings. The first-order valence-corrected chi connectivity index (χ1v) is 18.2. The molecule has 10 rings (SSSR count). The van der Waals surface area contributed by atoms with Crippen molar-refractivity contribution in [3.8, 4) is 56.2 Å². The van der Waals surface area contributed by atoms with E-state index >= 15 is 0 Å². The summed E-state index contributed by atoms with van der Waals surface area (Å²) in [5, 5.41) is 0. The Morgan fingerprint density at radius 2 is 1.00 bits per heavy atom. The summed E-state index contributed by atoms with van der Waals surface area (Å²) in [5.74, 6) is 0.706. The minimum absolute atomic E-state index is 0.539. The van der Waals surface area contributed by atoms with Gasteiger partial charge in [0.15, 0.2) is 11.5 Å². The zero-order valence-electron chi connectivity index (χ0n) is 28.0. The fraction of sp³-hybridized carbons (Fsp3) is 0.0208. The maximum Gasteiger partial charge on any atom is 0.187 e. The normalized spacial score (nSPS) is 14.9. The number of aromatic nitrogens is 2. The minimum atomic E-state index is -0.539. The molecule has 1 unspecified atom stereocenters. The van der Waals surface area contributed by atoms with Crippen molar-refractivity contribution in [1.82, 2.24) is 9.97 Å². The third-order valence-electron chi connectivity index (χ3n) is 10.4. The number of rotatable bonds is 4. The van der Waals surface area contributed by atoms with Gasteiger partial charge < -0.3 is 0 Å². The van der Waals surface area contributed by atoms with Crippen LogP contribution in [0.5, 0.6) is 0 Å². The van der Waals surface area contributed by atoms with E-state index in [1.807, 2.05) is 42.5 Å². The van der Waals surface area contributed by atoms with Crippen LogP contribution in [-0.4, -0.2) is 9.97 Å². The molecule has 0 saturated heterocycles. The summed E-state index contributed by atoms with van der Waals surface area (Å²) in [6.07, 6.45) is 0. The van der Waals surface area contributed by atoms with E-state index in [-0.39, 0.29) is 0 Å². The van der Waals surface area contributed by atoms with Gasteiger partial charge in [0.1, 0.15) is 0 Å². The van der Waals surface area contributed by atoms with Crippen LogP contribution >= 0.6 is 11.8 Å². The second kappa shape index (κ2) is 12.1. The lowest BCUT2D eigenvalue weighted by atomic mass is 9.67. The minimum Gasteiger partial charge on any atom is -0.238 e. The summed E-state index contributed by atoms with van der Waals surface area (Å²) in [5.41, 5.74) is 14.7. The van der Waals surface area contributed by atoms with E-state index in [1.165, 1.54) is 43.2 Å². The van der Waals surface area contributed by atoms with Crippen molar-refractivity contribution < 1.29 is 0 Å². The molecular weight excluding hydrogens is 651 g/mol. The number of hydrogen-bond acceptors (Lipinski definition) is 3. The maximum absolute atomic E-state index is 7.90. The first kappa shape index (κ1) is 30.3. The highest BCUT2D eigenvalue weighted by molar-refractivity contribution is 7.99. The quantitative estimate of drug-likeness (QED) is 0.173. The van der Waals surface area contributed by atoms with Gasteiger partial charge in [-0.3, -0.25) is 0 Å². The van der Waals surface area contributed by atoms with Crippen LogP contribution in [0.4, 0.5) is 5.69 Å². The van der Waals surface area contributed by atoms with E-state index in [0.29, 0.717) is 11.5 Å². The molecule has 0 saturated carbocycles. The topological polar surface area (TPSA) is 30.1 Å². The van der Waals surface area contributed by atoms with Gasteiger partial charge in [-0.2, -0.15) is 0 Å². The van der Waals surface area contributed by atoms with E-state index in [9.17, 15) is 0 Å². The Hall–Kier alpha value is -6.54. The first-order valence-electron chi connectivity index (χ1n) is 17.4. The Morgan fingerprint density at radius 3 is 1.75 bits per heavy atom. The molecule has 7 aromatic carbocycles.